The van der Waals surface area contributed by atoms with Crippen LogP contribution < -0.4 is 9.47 Å². The minimum absolute atomic E-state index is 0.0526. The van der Waals surface area contributed by atoms with E-state index in [1.54, 1.807) is 30.3 Å². The van der Waals surface area contributed by atoms with Crippen LogP contribution in [0.5, 0.6) is 11.5 Å². The number of hydrogen-bond donors (Lipinski definition) is 5. The summed E-state index contributed by atoms with van der Waals surface area (Å²) in [6, 6.07) is 20.6. The third kappa shape index (κ3) is 6.85. The first kappa shape index (κ1) is 28.8. The number of aliphatic carboxylic acids is 1. The highest BCUT2D eigenvalue weighted by Gasteiger charge is 2.48. The van der Waals surface area contributed by atoms with Crippen LogP contribution in [-0.4, -0.2) is 92.4 Å². The zero-order valence-corrected chi connectivity index (χ0v) is 21.8. The topological polar surface area (TPSA) is 149 Å². The lowest BCUT2D eigenvalue weighted by atomic mass is 9.99. The molecule has 1 aliphatic heterocycles. The van der Waals surface area contributed by atoms with Gasteiger partial charge in [0.25, 0.3) is 0 Å². The second-order valence-electron chi connectivity index (χ2n) is 9.93. The number of benzene rings is 3. The molecule has 10 heteroatoms. The highest BCUT2D eigenvalue weighted by Crippen LogP contribution is 2.35. The lowest BCUT2D eigenvalue weighted by molar-refractivity contribution is -0.270. The number of ether oxygens (including phenoxy) is 3. The molecule has 0 aliphatic carbocycles. The Labute approximate surface area is 226 Å². The van der Waals surface area contributed by atoms with Crippen molar-refractivity contribution in [2.75, 3.05) is 13.2 Å². The minimum atomic E-state index is -1.81. The summed E-state index contributed by atoms with van der Waals surface area (Å²) >= 11 is 0. The molecule has 0 aromatic heterocycles. The molecule has 6 atom stereocenters. The van der Waals surface area contributed by atoms with Crippen molar-refractivity contribution >= 4 is 16.7 Å². The molecule has 10 nitrogen and oxygen atoms in total. The Hall–Kier alpha value is -3.25. The van der Waals surface area contributed by atoms with Gasteiger partial charge in [-0.3, -0.25) is 4.90 Å². The molecule has 0 saturated carbocycles. The molecular formula is C29H35NO9. The maximum Gasteiger partial charge on any atom is 0.335 e. The second-order valence-corrected chi connectivity index (χ2v) is 9.93. The molecule has 39 heavy (non-hydrogen) atoms. The summed E-state index contributed by atoms with van der Waals surface area (Å²) in [5, 5.41) is 51.7. The quantitative estimate of drug-likeness (QED) is 0.243. The predicted molar refractivity (Wildman–Crippen MR) is 142 cm³/mol. The molecule has 4 rings (SSSR count). The van der Waals surface area contributed by atoms with Gasteiger partial charge in [-0.2, -0.15) is 0 Å². The van der Waals surface area contributed by atoms with Crippen molar-refractivity contribution in [1.82, 2.24) is 4.90 Å². The SMILES string of the molecule is CC(C)N(Cc1ccccc1)CC(O)COc1ccc(OC2OC(C(=O)O)C(O)C(O)C2O)c2ccccc12. The van der Waals surface area contributed by atoms with Crippen LogP contribution in [0.25, 0.3) is 10.8 Å². The molecule has 210 valence electrons. The van der Waals surface area contributed by atoms with Gasteiger partial charge in [-0.25, -0.2) is 4.79 Å². The van der Waals surface area contributed by atoms with Crippen LogP contribution >= 0.6 is 0 Å². The predicted octanol–water partition coefficient (Wildman–Crippen LogP) is 1.76. The molecule has 3 aromatic rings. The number of fused-ring (bicyclic) bond motifs is 1. The van der Waals surface area contributed by atoms with Crippen LogP contribution in [0.3, 0.4) is 0 Å². The summed E-state index contributed by atoms with van der Waals surface area (Å²) in [7, 11) is 0. The highest BCUT2D eigenvalue weighted by molar-refractivity contribution is 5.93. The monoisotopic (exact) mass is 541 g/mol. The smallest absolute Gasteiger partial charge is 0.335 e. The summed E-state index contributed by atoms with van der Waals surface area (Å²) in [5.74, 6) is -0.738. The van der Waals surface area contributed by atoms with Gasteiger partial charge in [0.2, 0.25) is 6.29 Å². The van der Waals surface area contributed by atoms with Gasteiger partial charge < -0.3 is 39.7 Å². The zero-order chi connectivity index (χ0) is 28.1. The van der Waals surface area contributed by atoms with Gasteiger partial charge >= 0.3 is 5.97 Å². The Balaban J connectivity index is 1.45. The molecule has 6 unspecified atom stereocenters. The van der Waals surface area contributed by atoms with Gasteiger partial charge in [-0.15, -0.1) is 0 Å². The molecule has 1 heterocycles. The lowest BCUT2D eigenvalue weighted by Crippen LogP contribution is -2.61. The number of aliphatic hydroxyl groups excluding tert-OH is 4. The summed E-state index contributed by atoms with van der Waals surface area (Å²) < 4.78 is 17.0. The molecular weight excluding hydrogens is 506 g/mol. The van der Waals surface area contributed by atoms with Crippen molar-refractivity contribution in [2.45, 2.75) is 63.2 Å². The summed E-state index contributed by atoms with van der Waals surface area (Å²) in [6.45, 7) is 5.33. The number of aliphatic hydroxyl groups is 4. The largest absolute Gasteiger partial charge is 0.490 e. The van der Waals surface area contributed by atoms with Crippen molar-refractivity contribution in [2.24, 2.45) is 0 Å². The molecule has 1 saturated heterocycles. The van der Waals surface area contributed by atoms with Gasteiger partial charge in [0.05, 0.1) is 0 Å². The molecule has 1 aliphatic rings. The molecule has 1 fully saturated rings. The number of carboxylic acids is 1. The van der Waals surface area contributed by atoms with E-state index in [0.717, 1.165) is 5.56 Å². The Kier molecular flexibility index (Phi) is 9.39. The van der Waals surface area contributed by atoms with Gasteiger partial charge in [0.15, 0.2) is 6.10 Å². The van der Waals surface area contributed by atoms with E-state index in [1.807, 2.05) is 24.3 Å². The number of carboxylic acid groups (broad SMARTS) is 1. The van der Waals surface area contributed by atoms with E-state index in [4.69, 9.17) is 14.2 Å². The zero-order valence-electron chi connectivity index (χ0n) is 21.8. The van der Waals surface area contributed by atoms with Crippen LogP contribution in [-0.2, 0) is 16.1 Å². The van der Waals surface area contributed by atoms with Crippen molar-refractivity contribution < 1.29 is 44.5 Å². The molecule has 0 bridgehead atoms. The van der Waals surface area contributed by atoms with Gasteiger partial charge in [0, 0.05) is 29.9 Å². The van der Waals surface area contributed by atoms with Crippen LogP contribution in [0.1, 0.15) is 19.4 Å². The van der Waals surface area contributed by atoms with E-state index in [2.05, 4.69) is 30.9 Å². The Morgan fingerprint density at radius 2 is 1.51 bits per heavy atom. The van der Waals surface area contributed by atoms with Crippen LogP contribution in [0.15, 0.2) is 66.7 Å². The average Bonchev–Trinajstić information content (AvgIpc) is 2.92. The van der Waals surface area contributed by atoms with Crippen LogP contribution in [0, 0.1) is 0 Å². The van der Waals surface area contributed by atoms with Crippen LogP contribution in [0.4, 0.5) is 0 Å². The molecule has 5 N–H and O–H groups in total. The van der Waals surface area contributed by atoms with E-state index in [1.165, 1.54) is 0 Å². The molecule has 3 aromatic carbocycles. The summed E-state index contributed by atoms with van der Waals surface area (Å²) in [6.07, 6.45) is -9.31. The fourth-order valence-electron chi connectivity index (χ4n) is 4.53. The van der Waals surface area contributed by atoms with Gasteiger partial charge in [-0.05, 0) is 31.5 Å². The van der Waals surface area contributed by atoms with E-state index < -0.39 is 42.8 Å². The van der Waals surface area contributed by atoms with E-state index in [0.29, 0.717) is 29.6 Å². The first-order valence-electron chi connectivity index (χ1n) is 12.9. The first-order chi connectivity index (χ1) is 18.7. The number of carbonyl (C=O) groups is 1. The number of nitrogens with zero attached hydrogens (tertiary/aromatic N) is 1. The van der Waals surface area contributed by atoms with E-state index in [-0.39, 0.29) is 18.4 Å². The van der Waals surface area contributed by atoms with E-state index in [9.17, 15) is 30.3 Å². The fraction of sp³-hybridized carbons (Fsp3) is 0.414. The van der Waals surface area contributed by atoms with Crippen molar-refractivity contribution in [3.8, 4) is 11.5 Å². The molecule has 0 radical (unpaired) electrons. The van der Waals surface area contributed by atoms with Gasteiger partial charge in [0.1, 0.15) is 42.5 Å². The van der Waals surface area contributed by atoms with Crippen molar-refractivity contribution in [1.29, 1.82) is 0 Å². The van der Waals surface area contributed by atoms with Gasteiger partial charge in [-0.1, -0.05) is 54.6 Å². The second kappa shape index (κ2) is 12.7. The average molecular weight is 542 g/mol. The Morgan fingerprint density at radius 1 is 0.897 bits per heavy atom. The Bertz CT molecular complexity index is 1240. The molecule has 0 amide bonds. The van der Waals surface area contributed by atoms with E-state index >= 15 is 0 Å². The third-order valence-electron chi connectivity index (χ3n) is 6.74. The maximum absolute atomic E-state index is 11.4. The van der Waals surface area contributed by atoms with Crippen molar-refractivity contribution in [3.05, 3.63) is 72.3 Å². The van der Waals surface area contributed by atoms with Crippen molar-refractivity contribution in [3.63, 3.8) is 0 Å². The standard InChI is InChI=1S/C29H35NO9/c1-17(2)30(14-18-8-4-3-5-9-18)15-19(31)16-37-22-12-13-23(21-11-7-6-10-20(21)22)38-29-26(34)24(32)25(33)27(39-29)28(35)36/h3-13,17,19,24-27,29,31-34H,14-16H2,1-2H3,(H,35,36). The number of hydrogen-bond acceptors (Lipinski definition) is 9. The fourth-order valence-corrected chi connectivity index (χ4v) is 4.53. The molecule has 0 spiro atoms. The first-order valence-corrected chi connectivity index (χ1v) is 12.9. The Morgan fingerprint density at radius 3 is 2.15 bits per heavy atom. The maximum atomic E-state index is 11.4. The summed E-state index contributed by atoms with van der Waals surface area (Å²) in [5.41, 5.74) is 1.16. The minimum Gasteiger partial charge on any atom is -0.490 e. The lowest BCUT2D eigenvalue weighted by Gasteiger charge is -2.38. The third-order valence-corrected chi connectivity index (χ3v) is 6.74. The summed E-state index contributed by atoms with van der Waals surface area (Å²) in [4.78, 5) is 13.6. The number of rotatable bonds is 11. The highest BCUT2D eigenvalue weighted by atomic mass is 16.7. The normalized spacial score (nSPS) is 24.2. The van der Waals surface area contributed by atoms with Crippen LogP contribution in [0.2, 0.25) is 0 Å².